The number of esters is 1. The topological polar surface area (TPSA) is 48.4 Å². The molecule has 0 fully saturated rings. The molecule has 2 aromatic carbocycles. The van der Waals surface area contributed by atoms with Crippen LogP contribution >= 0.6 is 0 Å². The number of ether oxygens (including phenoxy) is 2. The van der Waals surface area contributed by atoms with Gasteiger partial charge in [0.15, 0.2) is 11.6 Å². The third-order valence-corrected chi connectivity index (χ3v) is 6.08. The van der Waals surface area contributed by atoms with Crippen molar-refractivity contribution >= 4 is 17.1 Å². The van der Waals surface area contributed by atoms with Crippen LogP contribution < -0.4 is 4.74 Å². The summed E-state index contributed by atoms with van der Waals surface area (Å²) in [5.41, 5.74) is 5.76. The maximum Gasteiger partial charge on any atom is 0.339 e. The van der Waals surface area contributed by atoms with E-state index >= 15 is 0 Å². The van der Waals surface area contributed by atoms with Crippen molar-refractivity contribution < 1.29 is 27.4 Å². The zero-order valence-electron chi connectivity index (χ0n) is 19.9. The Morgan fingerprint density at radius 2 is 1.71 bits per heavy atom. The highest BCUT2D eigenvalue weighted by Crippen LogP contribution is 2.43. The standard InChI is InChI=1S/C28H26F3NO3/c1-4-34-28(33)22-11-18(14-32-17(22)3)20-6-5-7-21(20)23-10-16(2)8-9-27(23)35-15-19-12-25(30)26(31)13-24(19)29/h8-14H,4-7,15H2,1-3H3. The molecule has 1 heterocycles. The van der Waals surface area contributed by atoms with E-state index in [0.29, 0.717) is 23.1 Å². The van der Waals surface area contributed by atoms with Gasteiger partial charge in [0, 0.05) is 23.4 Å². The van der Waals surface area contributed by atoms with Crippen LogP contribution in [0.5, 0.6) is 5.75 Å². The minimum absolute atomic E-state index is 0.0714. The summed E-state index contributed by atoms with van der Waals surface area (Å²) >= 11 is 0. The Labute approximate surface area is 202 Å². The van der Waals surface area contributed by atoms with E-state index in [2.05, 4.69) is 4.98 Å². The van der Waals surface area contributed by atoms with E-state index in [4.69, 9.17) is 9.47 Å². The molecule has 4 nitrogen and oxygen atoms in total. The normalized spacial score (nSPS) is 13.3. The van der Waals surface area contributed by atoms with Crippen molar-refractivity contribution in [2.24, 2.45) is 0 Å². The van der Waals surface area contributed by atoms with Crippen LogP contribution in [0.15, 0.2) is 42.6 Å². The molecule has 7 heteroatoms. The maximum atomic E-state index is 14.1. The van der Waals surface area contributed by atoms with E-state index in [9.17, 15) is 18.0 Å². The molecule has 0 radical (unpaired) electrons. The highest BCUT2D eigenvalue weighted by molar-refractivity contribution is 5.97. The van der Waals surface area contributed by atoms with Crippen molar-refractivity contribution in [3.8, 4) is 5.75 Å². The van der Waals surface area contributed by atoms with E-state index in [-0.39, 0.29) is 18.8 Å². The predicted molar refractivity (Wildman–Crippen MR) is 127 cm³/mol. The largest absolute Gasteiger partial charge is 0.488 e. The average Bonchev–Trinajstić information content (AvgIpc) is 3.31. The van der Waals surface area contributed by atoms with Gasteiger partial charge in [0.2, 0.25) is 0 Å². The number of rotatable bonds is 7. The van der Waals surface area contributed by atoms with Gasteiger partial charge in [-0.05, 0) is 81.0 Å². The number of aryl methyl sites for hydroxylation is 2. The molecule has 0 bridgehead atoms. The Bertz CT molecular complexity index is 1320. The van der Waals surface area contributed by atoms with E-state index in [1.54, 1.807) is 26.1 Å². The Morgan fingerprint density at radius 1 is 0.971 bits per heavy atom. The summed E-state index contributed by atoms with van der Waals surface area (Å²) in [5, 5.41) is 0. The number of pyridine rings is 1. The smallest absolute Gasteiger partial charge is 0.339 e. The van der Waals surface area contributed by atoms with Gasteiger partial charge in [-0.25, -0.2) is 18.0 Å². The minimum Gasteiger partial charge on any atom is -0.488 e. The lowest BCUT2D eigenvalue weighted by molar-refractivity contribution is 0.0525. The summed E-state index contributed by atoms with van der Waals surface area (Å²) in [6.07, 6.45) is 4.26. The summed E-state index contributed by atoms with van der Waals surface area (Å²) in [6, 6.07) is 8.81. The Morgan fingerprint density at radius 3 is 2.49 bits per heavy atom. The summed E-state index contributed by atoms with van der Waals surface area (Å²) in [4.78, 5) is 16.8. The first kappa shape index (κ1) is 24.5. The van der Waals surface area contributed by atoms with Gasteiger partial charge >= 0.3 is 5.97 Å². The summed E-state index contributed by atoms with van der Waals surface area (Å²) in [7, 11) is 0. The van der Waals surface area contributed by atoms with Crippen LogP contribution in [0.3, 0.4) is 0 Å². The van der Waals surface area contributed by atoms with Crippen LogP contribution in [0.1, 0.15) is 64.5 Å². The molecule has 4 rings (SSSR count). The highest BCUT2D eigenvalue weighted by Gasteiger charge is 2.23. The second kappa shape index (κ2) is 10.3. The number of carbonyl (C=O) groups is 1. The van der Waals surface area contributed by atoms with Crippen LogP contribution in [0, 0.1) is 31.3 Å². The molecule has 0 N–H and O–H groups in total. The third kappa shape index (κ3) is 5.24. The minimum atomic E-state index is -1.24. The fraction of sp³-hybridized carbons (Fsp3) is 0.286. The second-order valence-electron chi connectivity index (χ2n) is 8.53. The molecule has 0 amide bonds. The Hall–Kier alpha value is -3.61. The molecule has 0 aliphatic heterocycles. The number of benzene rings is 2. The summed E-state index contributed by atoms with van der Waals surface area (Å²) in [6.45, 7) is 5.51. The van der Waals surface area contributed by atoms with Gasteiger partial charge in [-0.1, -0.05) is 11.6 Å². The quantitative estimate of drug-likeness (QED) is 0.270. The van der Waals surface area contributed by atoms with Crippen LogP contribution in [-0.4, -0.2) is 17.6 Å². The molecule has 182 valence electrons. The lowest BCUT2D eigenvalue weighted by Crippen LogP contribution is -2.08. The van der Waals surface area contributed by atoms with Gasteiger partial charge in [-0.3, -0.25) is 4.98 Å². The van der Waals surface area contributed by atoms with Crippen LogP contribution in [0.4, 0.5) is 13.2 Å². The molecule has 1 aliphatic carbocycles. The third-order valence-electron chi connectivity index (χ3n) is 6.08. The van der Waals surface area contributed by atoms with Crippen molar-refractivity contribution in [3.63, 3.8) is 0 Å². The van der Waals surface area contributed by atoms with Crippen molar-refractivity contribution in [1.29, 1.82) is 0 Å². The predicted octanol–water partition coefficient (Wildman–Crippen LogP) is 6.97. The van der Waals surface area contributed by atoms with Gasteiger partial charge in [0.05, 0.1) is 17.9 Å². The number of hydrogen-bond acceptors (Lipinski definition) is 4. The highest BCUT2D eigenvalue weighted by atomic mass is 19.2. The van der Waals surface area contributed by atoms with Gasteiger partial charge in [-0.2, -0.15) is 0 Å². The Balaban J connectivity index is 1.72. The monoisotopic (exact) mass is 481 g/mol. The van der Waals surface area contributed by atoms with E-state index in [1.807, 2.05) is 25.1 Å². The van der Waals surface area contributed by atoms with Gasteiger partial charge in [0.25, 0.3) is 0 Å². The first-order chi connectivity index (χ1) is 16.8. The first-order valence-corrected chi connectivity index (χ1v) is 11.5. The zero-order chi connectivity index (χ0) is 25.1. The Kier molecular flexibility index (Phi) is 7.24. The lowest BCUT2D eigenvalue weighted by Gasteiger charge is -2.16. The summed E-state index contributed by atoms with van der Waals surface area (Å²) < 4.78 is 52.1. The molecular weight excluding hydrogens is 455 g/mol. The maximum absolute atomic E-state index is 14.1. The zero-order valence-corrected chi connectivity index (χ0v) is 19.9. The van der Waals surface area contributed by atoms with E-state index in [0.717, 1.165) is 53.2 Å². The molecule has 1 aliphatic rings. The van der Waals surface area contributed by atoms with Gasteiger partial charge in [0.1, 0.15) is 18.2 Å². The fourth-order valence-corrected chi connectivity index (χ4v) is 4.31. The van der Waals surface area contributed by atoms with Gasteiger partial charge < -0.3 is 9.47 Å². The van der Waals surface area contributed by atoms with Crippen molar-refractivity contribution in [2.75, 3.05) is 6.61 Å². The second-order valence-corrected chi connectivity index (χ2v) is 8.53. The molecular formula is C28H26F3NO3. The number of aromatic nitrogens is 1. The number of hydrogen-bond donors (Lipinski definition) is 0. The average molecular weight is 482 g/mol. The van der Waals surface area contributed by atoms with E-state index in [1.165, 1.54) is 0 Å². The molecule has 0 spiro atoms. The fourth-order valence-electron chi connectivity index (χ4n) is 4.31. The number of allylic oxidation sites excluding steroid dienone is 2. The molecule has 35 heavy (non-hydrogen) atoms. The van der Waals surface area contributed by atoms with E-state index < -0.39 is 23.4 Å². The van der Waals surface area contributed by atoms with Crippen LogP contribution in [0.2, 0.25) is 0 Å². The number of carbonyl (C=O) groups excluding carboxylic acids is 1. The van der Waals surface area contributed by atoms with Crippen molar-refractivity contribution in [1.82, 2.24) is 4.98 Å². The lowest BCUT2D eigenvalue weighted by atomic mass is 9.95. The number of nitrogens with zero attached hydrogens (tertiary/aromatic N) is 1. The van der Waals surface area contributed by atoms with Gasteiger partial charge in [-0.15, -0.1) is 0 Å². The summed E-state index contributed by atoms with van der Waals surface area (Å²) in [5.74, 6) is -3.13. The number of halogens is 3. The van der Waals surface area contributed by atoms with Crippen LogP contribution in [-0.2, 0) is 11.3 Å². The molecule has 0 atom stereocenters. The SMILES string of the molecule is CCOC(=O)c1cc(C2=C(c3cc(C)ccc3OCc3cc(F)c(F)cc3F)CCC2)cnc1C. The molecule has 0 saturated heterocycles. The van der Waals surface area contributed by atoms with Crippen molar-refractivity contribution in [3.05, 3.63) is 93.6 Å². The molecule has 3 aromatic rings. The molecule has 0 unspecified atom stereocenters. The molecule has 1 aromatic heterocycles. The first-order valence-electron chi connectivity index (χ1n) is 11.5. The van der Waals surface area contributed by atoms with Crippen LogP contribution in [0.25, 0.3) is 11.1 Å². The molecule has 0 saturated carbocycles. The van der Waals surface area contributed by atoms with Crippen molar-refractivity contribution in [2.45, 2.75) is 46.6 Å².